The molecule has 8 nitrogen and oxygen atoms in total. The van der Waals surface area contributed by atoms with Gasteiger partial charge in [0.25, 0.3) is 5.91 Å². The molecule has 0 atom stereocenters. The minimum atomic E-state index is -4.63. The second kappa shape index (κ2) is 10.7. The highest BCUT2D eigenvalue weighted by Crippen LogP contribution is 2.60. The summed E-state index contributed by atoms with van der Waals surface area (Å²) in [4.78, 5) is 40.3. The SMILES string of the molecule is COC(=O)c1ccc(-c2nn(C(=O)c3c(Cl)cccc3C3(C(F)(F)F)CC3)c3c2CCN(C(=O)OC(C)(C)C)C3)c(F)c1. The van der Waals surface area contributed by atoms with Gasteiger partial charge < -0.3 is 14.4 Å². The molecule has 1 fully saturated rings. The number of benzene rings is 2. The molecule has 0 spiro atoms. The molecule has 1 aromatic heterocycles. The van der Waals surface area contributed by atoms with Gasteiger partial charge in [-0.3, -0.25) is 4.79 Å². The van der Waals surface area contributed by atoms with E-state index < -0.39 is 41.0 Å². The van der Waals surface area contributed by atoms with Crippen LogP contribution in [0.15, 0.2) is 36.4 Å². The van der Waals surface area contributed by atoms with Gasteiger partial charge in [-0.15, -0.1) is 0 Å². The topological polar surface area (TPSA) is 90.7 Å². The summed E-state index contributed by atoms with van der Waals surface area (Å²) < 4.78 is 69.0. The van der Waals surface area contributed by atoms with Crippen molar-refractivity contribution < 1.29 is 41.4 Å². The van der Waals surface area contributed by atoms with Crippen LogP contribution in [0.1, 0.15) is 71.1 Å². The van der Waals surface area contributed by atoms with E-state index in [1.807, 2.05) is 0 Å². The van der Waals surface area contributed by atoms with Crippen LogP contribution in [0.3, 0.4) is 0 Å². The summed E-state index contributed by atoms with van der Waals surface area (Å²) in [5, 5.41) is 4.20. The van der Waals surface area contributed by atoms with Crippen molar-refractivity contribution in [3.05, 3.63) is 75.2 Å². The molecule has 3 aromatic rings. The van der Waals surface area contributed by atoms with E-state index in [2.05, 4.69) is 9.84 Å². The third kappa shape index (κ3) is 5.48. The van der Waals surface area contributed by atoms with Crippen LogP contribution in [0, 0.1) is 5.82 Å². The van der Waals surface area contributed by atoms with Gasteiger partial charge >= 0.3 is 18.2 Å². The number of nitrogens with zero attached hydrogens (tertiary/aromatic N) is 3. The Hall–Kier alpha value is -3.93. The Balaban J connectivity index is 1.66. The van der Waals surface area contributed by atoms with Crippen LogP contribution in [0.5, 0.6) is 0 Å². The lowest BCUT2D eigenvalue weighted by Crippen LogP contribution is -2.41. The highest BCUT2D eigenvalue weighted by atomic mass is 35.5. The van der Waals surface area contributed by atoms with Gasteiger partial charge in [-0.25, -0.2) is 14.0 Å². The lowest BCUT2D eigenvalue weighted by Gasteiger charge is -2.30. The molecular formula is C30H28ClF4N3O5. The number of rotatable bonds is 4. The fraction of sp³-hybridized carbons (Fsp3) is 0.400. The van der Waals surface area contributed by atoms with Gasteiger partial charge in [-0.1, -0.05) is 23.7 Å². The molecule has 13 heteroatoms. The van der Waals surface area contributed by atoms with Crippen LogP contribution in [0.2, 0.25) is 5.02 Å². The van der Waals surface area contributed by atoms with Crippen molar-refractivity contribution in [3.8, 4) is 11.3 Å². The van der Waals surface area contributed by atoms with Gasteiger partial charge in [0, 0.05) is 17.7 Å². The Bertz CT molecular complexity index is 1640. The van der Waals surface area contributed by atoms with Crippen molar-refractivity contribution in [1.82, 2.24) is 14.7 Å². The van der Waals surface area contributed by atoms with E-state index in [1.54, 1.807) is 20.8 Å². The van der Waals surface area contributed by atoms with Gasteiger partial charge in [0.2, 0.25) is 0 Å². The molecule has 2 aliphatic rings. The maximum absolute atomic E-state index is 15.4. The Labute approximate surface area is 249 Å². The molecule has 2 heterocycles. The molecule has 1 amide bonds. The third-order valence-electron chi connectivity index (χ3n) is 7.59. The first-order valence-corrected chi connectivity index (χ1v) is 13.8. The number of fused-ring (bicyclic) bond motifs is 1. The van der Waals surface area contributed by atoms with Crippen LogP contribution < -0.4 is 0 Å². The number of halogens is 5. The number of esters is 1. The molecule has 1 aliphatic heterocycles. The number of methoxy groups -OCH3 is 1. The highest BCUT2D eigenvalue weighted by Gasteiger charge is 2.65. The van der Waals surface area contributed by atoms with Gasteiger partial charge in [-0.05, 0) is 69.9 Å². The van der Waals surface area contributed by atoms with E-state index in [0.717, 1.165) is 17.9 Å². The monoisotopic (exact) mass is 621 g/mol. The summed E-state index contributed by atoms with van der Waals surface area (Å²) in [6, 6.07) is 7.51. The van der Waals surface area contributed by atoms with E-state index in [4.69, 9.17) is 16.3 Å². The molecule has 43 heavy (non-hydrogen) atoms. The molecule has 1 saturated carbocycles. The maximum atomic E-state index is 15.4. The second-order valence-corrected chi connectivity index (χ2v) is 12.0. The van der Waals surface area contributed by atoms with Crippen molar-refractivity contribution in [2.45, 2.75) is 63.8 Å². The first-order valence-electron chi connectivity index (χ1n) is 13.5. The fourth-order valence-corrected chi connectivity index (χ4v) is 5.57. The predicted molar refractivity (Wildman–Crippen MR) is 147 cm³/mol. The number of carbonyl (C=O) groups excluding carboxylic acids is 3. The number of ether oxygens (including phenoxy) is 2. The van der Waals surface area contributed by atoms with E-state index in [9.17, 15) is 27.6 Å². The number of alkyl halides is 3. The average Bonchev–Trinajstić information content (AvgIpc) is 3.67. The smallest absolute Gasteiger partial charge is 0.410 e. The second-order valence-electron chi connectivity index (χ2n) is 11.6. The third-order valence-corrected chi connectivity index (χ3v) is 7.90. The number of aromatic nitrogens is 2. The highest BCUT2D eigenvalue weighted by molar-refractivity contribution is 6.34. The first-order chi connectivity index (χ1) is 20.1. The van der Waals surface area contributed by atoms with Crippen molar-refractivity contribution >= 4 is 29.6 Å². The van der Waals surface area contributed by atoms with E-state index >= 15 is 4.39 Å². The number of hydrogen-bond acceptors (Lipinski definition) is 6. The number of amides is 1. The minimum Gasteiger partial charge on any atom is -0.465 e. The largest absolute Gasteiger partial charge is 0.465 e. The summed E-state index contributed by atoms with van der Waals surface area (Å²) in [7, 11) is 1.15. The first kappa shape index (κ1) is 30.5. The normalized spacial score (nSPS) is 16.0. The fourth-order valence-electron chi connectivity index (χ4n) is 5.31. The van der Waals surface area contributed by atoms with Crippen molar-refractivity contribution in [1.29, 1.82) is 0 Å². The Kier molecular flexibility index (Phi) is 7.56. The van der Waals surface area contributed by atoms with Gasteiger partial charge in [0.1, 0.15) is 11.4 Å². The summed E-state index contributed by atoms with van der Waals surface area (Å²) in [6.45, 7) is 5.04. The van der Waals surface area contributed by atoms with Crippen LogP contribution in [-0.4, -0.2) is 58.1 Å². The van der Waals surface area contributed by atoms with Crippen LogP contribution in [0.25, 0.3) is 11.3 Å². The summed E-state index contributed by atoms with van der Waals surface area (Å²) in [5.74, 6) is -2.54. The molecule has 228 valence electrons. The summed E-state index contributed by atoms with van der Waals surface area (Å²) >= 11 is 6.39. The maximum Gasteiger partial charge on any atom is 0.410 e. The Morgan fingerprint density at radius 2 is 1.77 bits per heavy atom. The molecule has 0 unspecified atom stereocenters. The molecule has 2 aromatic carbocycles. The lowest BCUT2D eigenvalue weighted by atomic mass is 9.90. The molecular weight excluding hydrogens is 594 g/mol. The molecule has 0 saturated heterocycles. The average molecular weight is 622 g/mol. The van der Waals surface area contributed by atoms with Crippen LogP contribution in [-0.2, 0) is 27.9 Å². The predicted octanol–water partition coefficient (Wildman–Crippen LogP) is 6.70. The molecule has 0 radical (unpaired) electrons. The molecule has 0 bridgehead atoms. The standard InChI is InChI=1S/C30H28ClF4N3O5/c1-28(2,3)43-27(41)37-13-10-18-22(15-37)38(36-24(18)17-9-8-16(14-21(17)32)26(40)42-4)25(39)23-19(6-5-7-20(23)31)29(11-12-29)30(33,34)35/h5-9,14H,10-13,15H2,1-4H3. The van der Waals surface area contributed by atoms with Gasteiger partial charge in [0.05, 0.1) is 46.6 Å². The van der Waals surface area contributed by atoms with Gasteiger partial charge in [-0.2, -0.15) is 23.0 Å². The van der Waals surface area contributed by atoms with E-state index in [0.29, 0.717) is 5.56 Å². The number of carbonyl (C=O) groups is 3. The minimum absolute atomic E-state index is 0.0468. The van der Waals surface area contributed by atoms with Crippen molar-refractivity contribution in [2.24, 2.45) is 0 Å². The zero-order chi connectivity index (χ0) is 31.5. The Morgan fingerprint density at radius 3 is 2.35 bits per heavy atom. The van der Waals surface area contributed by atoms with E-state index in [-0.39, 0.29) is 71.0 Å². The molecule has 0 N–H and O–H groups in total. The summed E-state index contributed by atoms with van der Waals surface area (Å²) in [6.07, 6.45) is -5.56. The zero-order valence-corrected chi connectivity index (χ0v) is 24.5. The van der Waals surface area contributed by atoms with E-state index in [1.165, 1.54) is 35.2 Å². The van der Waals surface area contributed by atoms with Crippen LogP contribution in [0.4, 0.5) is 22.4 Å². The van der Waals surface area contributed by atoms with Crippen molar-refractivity contribution in [2.75, 3.05) is 13.7 Å². The van der Waals surface area contributed by atoms with Crippen molar-refractivity contribution in [3.63, 3.8) is 0 Å². The molecule has 1 aliphatic carbocycles. The Morgan fingerprint density at radius 1 is 1.07 bits per heavy atom. The quantitative estimate of drug-likeness (QED) is 0.238. The number of hydrogen-bond donors (Lipinski definition) is 0. The zero-order valence-electron chi connectivity index (χ0n) is 23.8. The lowest BCUT2D eigenvalue weighted by molar-refractivity contribution is -0.160. The summed E-state index contributed by atoms with van der Waals surface area (Å²) in [5.41, 5.74) is -3.13. The molecule has 5 rings (SSSR count). The van der Waals surface area contributed by atoms with Crippen LogP contribution >= 0.6 is 11.6 Å². The van der Waals surface area contributed by atoms with Gasteiger partial charge in [0.15, 0.2) is 0 Å².